The number of halogens is 1. The number of hydrogen-bond donors (Lipinski definition) is 1. The number of para-hydroxylation sites is 1. The molecule has 2 aromatic rings. The third-order valence-corrected chi connectivity index (χ3v) is 7.95. The average Bonchev–Trinajstić information content (AvgIpc) is 2.88. The minimum atomic E-state index is -3.85. The van der Waals surface area contributed by atoms with Crippen molar-refractivity contribution in [3.8, 4) is 5.75 Å². The normalized spacial score (nSPS) is 13.7. The second-order valence-corrected chi connectivity index (χ2v) is 12.5. The Morgan fingerprint density at radius 1 is 0.811 bits per heavy atom. The molecular weight excluding hydrogens is 505 g/mol. The van der Waals surface area contributed by atoms with Gasteiger partial charge in [0.05, 0.1) is 0 Å². The zero-order chi connectivity index (χ0) is 26.8. The predicted molar refractivity (Wildman–Crippen MR) is 154 cm³/mol. The fourth-order valence-corrected chi connectivity index (χ4v) is 5.93. The summed E-state index contributed by atoms with van der Waals surface area (Å²) in [5.41, 5.74) is 0.920. The van der Waals surface area contributed by atoms with E-state index >= 15 is 0 Å². The van der Waals surface area contributed by atoms with Gasteiger partial charge < -0.3 is 9.26 Å². The number of hydrogen-bond acceptors (Lipinski definition) is 4. The summed E-state index contributed by atoms with van der Waals surface area (Å²) in [6, 6.07) is 17.4. The molecule has 0 spiro atoms. The van der Waals surface area contributed by atoms with Crippen LogP contribution in [0.2, 0.25) is 0 Å². The van der Waals surface area contributed by atoms with Gasteiger partial charge in [-0.3, -0.25) is 4.79 Å². The zero-order valence-electron chi connectivity index (χ0n) is 22.6. The van der Waals surface area contributed by atoms with Crippen molar-refractivity contribution < 1.29 is 18.6 Å². The van der Waals surface area contributed by atoms with Crippen LogP contribution in [0.15, 0.2) is 60.7 Å². The van der Waals surface area contributed by atoms with Gasteiger partial charge in [-0.2, -0.15) is 0 Å². The number of benzene rings is 2. The second kappa shape index (κ2) is 18.4. The SMILES string of the molecule is CCCCCCCC(CCCCCCC)OC(=O)[C@H](Cc1ccccc1)NP(=O)(Cl)Oc1ccccc1. The van der Waals surface area contributed by atoms with Gasteiger partial charge in [0.2, 0.25) is 0 Å². The fourth-order valence-electron chi connectivity index (χ4n) is 4.32. The van der Waals surface area contributed by atoms with Crippen LogP contribution in [0.1, 0.15) is 96.5 Å². The molecule has 2 rings (SSSR count). The molecule has 7 heteroatoms. The third kappa shape index (κ3) is 14.1. The molecule has 37 heavy (non-hydrogen) atoms. The molecule has 5 nitrogen and oxygen atoms in total. The predicted octanol–water partition coefficient (Wildman–Crippen LogP) is 9.25. The van der Waals surface area contributed by atoms with E-state index in [1.165, 1.54) is 38.5 Å². The Morgan fingerprint density at radius 3 is 1.86 bits per heavy atom. The molecule has 0 fully saturated rings. The Hall–Kier alpha value is -1.81. The van der Waals surface area contributed by atoms with Gasteiger partial charge in [-0.15, -0.1) is 0 Å². The number of carbonyl (C=O) groups is 1. The van der Waals surface area contributed by atoms with Crippen molar-refractivity contribution in [2.24, 2.45) is 0 Å². The van der Waals surface area contributed by atoms with E-state index in [0.29, 0.717) is 12.2 Å². The number of rotatable bonds is 20. The molecule has 0 heterocycles. The molecule has 1 unspecified atom stereocenters. The van der Waals surface area contributed by atoms with Gasteiger partial charge in [0, 0.05) is 11.2 Å². The molecule has 0 saturated heterocycles. The van der Waals surface area contributed by atoms with Gasteiger partial charge in [-0.25, -0.2) is 9.65 Å². The van der Waals surface area contributed by atoms with E-state index in [1.807, 2.05) is 36.4 Å². The number of unbranched alkanes of at least 4 members (excludes halogenated alkanes) is 8. The summed E-state index contributed by atoms with van der Waals surface area (Å²) in [4.78, 5) is 13.4. The summed E-state index contributed by atoms with van der Waals surface area (Å²) >= 11 is 6.29. The molecule has 0 saturated carbocycles. The smallest absolute Gasteiger partial charge is 0.409 e. The zero-order valence-corrected chi connectivity index (χ0v) is 24.2. The minimum Gasteiger partial charge on any atom is -0.461 e. The number of nitrogens with one attached hydrogen (secondary N) is 1. The van der Waals surface area contributed by atoms with Crippen molar-refractivity contribution in [2.45, 2.75) is 109 Å². The van der Waals surface area contributed by atoms with Crippen LogP contribution in [0.3, 0.4) is 0 Å². The first-order chi connectivity index (χ1) is 17.9. The van der Waals surface area contributed by atoms with E-state index in [9.17, 15) is 9.36 Å². The highest BCUT2D eigenvalue weighted by atomic mass is 35.7. The first-order valence-corrected chi connectivity index (χ1v) is 16.5. The molecule has 2 aromatic carbocycles. The summed E-state index contributed by atoms with van der Waals surface area (Å²) in [5, 5.41) is 2.79. The van der Waals surface area contributed by atoms with E-state index in [4.69, 9.17) is 20.5 Å². The Labute approximate surface area is 229 Å². The first kappa shape index (κ1) is 31.4. The summed E-state index contributed by atoms with van der Waals surface area (Å²) < 4.78 is 24.7. The minimum absolute atomic E-state index is 0.152. The Balaban J connectivity index is 2.08. The molecule has 0 aliphatic carbocycles. The lowest BCUT2D eigenvalue weighted by atomic mass is 10.0. The lowest BCUT2D eigenvalue weighted by Crippen LogP contribution is -2.39. The van der Waals surface area contributed by atoms with Crippen LogP contribution in [0, 0.1) is 0 Å². The average molecular weight is 550 g/mol. The van der Waals surface area contributed by atoms with Crippen LogP contribution < -0.4 is 9.61 Å². The van der Waals surface area contributed by atoms with E-state index < -0.39 is 18.9 Å². The highest BCUT2D eigenvalue weighted by Crippen LogP contribution is 2.48. The van der Waals surface area contributed by atoms with Crippen molar-refractivity contribution in [1.29, 1.82) is 0 Å². The highest BCUT2D eigenvalue weighted by molar-refractivity contribution is 7.84. The molecule has 206 valence electrons. The summed E-state index contributed by atoms with van der Waals surface area (Å²) in [6.07, 6.45) is 13.5. The molecule has 0 amide bonds. The summed E-state index contributed by atoms with van der Waals surface area (Å²) in [6.45, 7) is 0.561. The monoisotopic (exact) mass is 549 g/mol. The second-order valence-electron chi connectivity index (χ2n) is 9.72. The maximum Gasteiger partial charge on any atom is 0.409 e. The molecule has 0 aliphatic rings. The maximum absolute atomic E-state index is 13.4. The fraction of sp³-hybridized carbons (Fsp3) is 0.567. The van der Waals surface area contributed by atoms with E-state index in [0.717, 1.165) is 44.1 Å². The van der Waals surface area contributed by atoms with Crippen LogP contribution >= 0.6 is 18.1 Å². The largest absolute Gasteiger partial charge is 0.461 e. The van der Waals surface area contributed by atoms with Gasteiger partial charge in [0.25, 0.3) is 0 Å². The Kier molecular flexibility index (Phi) is 15.7. The van der Waals surface area contributed by atoms with Crippen molar-refractivity contribution in [1.82, 2.24) is 5.09 Å². The first-order valence-electron chi connectivity index (χ1n) is 14.0. The van der Waals surface area contributed by atoms with Crippen LogP contribution in [0.5, 0.6) is 5.75 Å². The van der Waals surface area contributed by atoms with Crippen molar-refractivity contribution >= 4 is 24.1 Å². The van der Waals surface area contributed by atoms with Crippen LogP contribution in [-0.2, 0) is 20.5 Å². The van der Waals surface area contributed by atoms with Crippen molar-refractivity contribution in [3.05, 3.63) is 66.2 Å². The molecule has 0 bridgehead atoms. The lowest BCUT2D eigenvalue weighted by molar-refractivity contribution is -0.152. The van der Waals surface area contributed by atoms with Crippen LogP contribution in [-0.4, -0.2) is 18.1 Å². The molecule has 1 N–H and O–H groups in total. The molecule has 0 radical (unpaired) electrons. The van der Waals surface area contributed by atoms with Crippen LogP contribution in [0.25, 0.3) is 0 Å². The Morgan fingerprint density at radius 2 is 1.32 bits per heavy atom. The number of esters is 1. The molecule has 2 atom stereocenters. The van der Waals surface area contributed by atoms with Gasteiger partial charge in [0.15, 0.2) is 0 Å². The highest BCUT2D eigenvalue weighted by Gasteiger charge is 2.32. The summed E-state index contributed by atoms with van der Waals surface area (Å²) in [5.74, 6) is -0.0642. The lowest BCUT2D eigenvalue weighted by Gasteiger charge is -2.25. The molecular formula is C30H45ClNO4P. The van der Waals surface area contributed by atoms with E-state index in [2.05, 4.69) is 18.9 Å². The maximum atomic E-state index is 13.4. The van der Waals surface area contributed by atoms with Crippen molar-refractivity contribution in [3.63, 3.8) is 0 Å². The van der Waals surface area contributed by atoms with Gasteiger partial charge in [-0.05, 0) is 49.8 Å². The number of ether oxygens (including phenoxy) is 1. The molecule has 0 aliphatic heterocycles. The van der Waals surface area contributed by atoms with Crippen LogP contribution in [0.4, 0.5) is 0 Å². The number of carbonyl (C=O) groups excluding carboxylic acids is 1. The van der Waals surface area contributed by atoms with Crippen molar-refractivity contribution in [2.75, 3.05) is 0 Å². The van der Waals surface area contributed by atoms with Gasteiger partial charge in [0.1, 0.15) is 17.9 Å². The topological polar surface area (TPSA) is 64.6 Å². The standard InChI is InChI=1S/C30H45ClNO4P/c1-3-5-7-9-15-21-27(22-16-10-8-6-4-2)35-30(33)29(25-26-19-13-11-14-20-26)32-37(31,34)36-28-23-17-12-18-24-28/h11-14,17-20,23-24,27,29H,3-10,15-16,21-22,25H2,1-2H3,(H,32,34)/t29-,37?/m0/s1. The quantitative estimate of drug-likeness (QED) is 0.101. The van der Waals surface area contributed by atoms with Gasteiger partial charge in [-0.1, -0.05) is 114 Å². The van der Waals surface area contributed by atoms with Gasteiger partial charge >= 0.3 is 12.8 Å². The summed E-state index contributed by atoms with van der Waals surface area (Å²) in [7, 11) is 0. The van der Waals surface area contributed by atoms with E-state index in [1.54, 1.807) is 24.3 Å². The molecule has 0 aromatic heterocycles. The van der Waals surface area contributed by atoms with E-state index in [-0.39, 0.29) is 6.10 Å². The Bertz CT molecular complexity index is 898. The third-order valence-electron chi connectivity index (χ3n) is 6.39.